The Labute approximate surface area is 145 Å². The number of anilines is 1. The van der Waals surface area contributed by atoms with E-state index in [1.807, 2.05) is 22.8 Å². The molecule has 0 atom stereocenters. The first-order valence-electron chi connectivity index (χ1n) is 8.51. The second-order valence-corrected chi connectivity index (χ2v) is 6.37. The Balaban J connectivity index is 1.23. The number of rotatable bonds is 3. The maximum atomic E-state index is 5.47. The van der Waals surface area contributed by atoms with Crippen LogP contribution in [0.1, 0.15) is 5.56 Å². The topological polar surface area (TPSA) is 55.1 Å². The third kappa shape index (κ3) is 2.76. The second kappa shape index (κ2) is 5.93. The Kier molecular flexibility index (Phi) is 3.45. The summed E-state index contributed by atoms with van der Waals surface area (Å²) in [4.78, 5) is 9.03. The van der Waals surface area contributed by atoms with Crippen LogP contribution in [0, 0.1) is 0 Å². The zero-order valence-electron chi connectivity index (χ0n) is 13.8. The number of hydrogen-bond acceptors (Lipinski definition) is 6. The number of ether oxygens (including phenoxy) is 2. The molecule has 0 N–H and O–H groups in total. The van der Waals surface area contributed by atoms with Crippen LogP contribution in [0.25, 0.3) is 5.65 Å². The van der Waals surface area contributed by atoms with Gasteiger partial charge in [0.05, 0.1) is 0 Å². The number of imidazole rings is 1. The molecule has 1 saturated heterocycles. The molecule has 0 aliphatic carbocycles. The van der Waals surface area contributed by atoms with Gasteiger partial charge in [0.15, 0.2) is 17.1 Å². The molecule has 25 heavy (non-hydrogen) atoms. The van der Waals surface area contributed by atoms with Gasteiger partial charge < -0.3 is 14.4 Å². The van der Waals surface area contributed by atoms with Crippen LogP contribution in [0.3, 0.4) is 0 Å². The monoisotopic (exact) mass is 337 g/mol. The number of nitrogens with zero attached hydrogens (tertiary/aromatic N) is 5. The van der Waals surface area contributed by atoms with Gasteiger partial charge in [0.1, 0.15) is 5.82 Å². The Morgan fingerprint density at radius 3 is 2.76 bits per heavy atom. The van der Waals surface area contributed by atoms with Gasteiger partial charge in [-0.15, -0.1) is 5.10 Å². The van der Waals surface area contributed by atoms with Crippen molar-refractivity contribution in [2.75, 3.05) is 37.9 Å². The molecule has 0 radical (unpaired) electrons. The third-order valence-electron chi connectivity index (χ3n) is 4.78. The standard InChI is InChI=1S/C18H19N5O2/c1-2-15-16(25-13-24-15)11-14(1)12-21-7-9-22(10-8-21)18-4-3-17-19-5-6-23(17)20-18/h1-6,11H,7-10,12-13H2. The molecule has 7 heteroatoms. The van der Waals surface area contributed by atoms with Gasteiger partial charge in [-0.1, -0.05) is 6.07 Å². The van der Waals surface area contributed by atoms with Crippen molar-refractivity contribution in [2.45, 2.75) is 6.54 Å². The van der Waals surface area contributed by atoms with Crippen molar-refractivity contribution in [3.63, 3.8) is 0 Å². The molecule has 0 saturated carbocycles. The first-order valence-corrected chi connectivity index (χ1v) is 8.51. The van der Waals surface area contributed by atoms with Crippen LogP contribution < -0.4 is 14.4 Å². The lowest BCUT2D eigenvalue weighted by molar-refractivity contribution is 0.174. The molecule has 5 rings (SSSR count). The minimum atomic E-state index is 0.325. The van der Waals surface area contributed by atoms with Crippen LogP contribution in [-0.4, -0.2) is 52.5 Å². The molecule has 2 aromatic heterocycles. The third-order valence-corrected chi connectivity index (χ3v) is 4.78. The summed E-state index contributed by atoms with van der Waals surface area (Å²) in [5.74, 6) is 2.71. The summed E-state index contributed by atoms with van der Waals surface area (Å²) >= 11 is 0. The lowest BCUT2D eigenvalue weighted by Crippen LogP contribution is -2.46. The molecule has 4 heterocycles. The number of hydrogen-bond donors (Lipinski definition) is 0. The molecule has 0 bridgehead atoms. The molecule has 0 spiro atoms. The smallest absolute Gasteiger partial charge is 0.231 e. The summed E-state index contributed by atoms with van der Waals surface area (Å²) in [7, 11) is 0. The van der Waals surface area contributed by atoms with Gasteiger partial charge >= 0.3 is 0 Å². The maximum absolute atomic E-state index is 5.47. The Hall–Kier alpha value is -2.80. The maximum Gasteiger partial charge on any atom is 0.231 e. The molecule has 7 nitrogen and oxygen atoms in total. The van der Waals surface area contributed by atoms with Crippen LogP contribution >= 0.6 is 0 Å². The predicted molar refractivity (Wildman–Crippen MR) is 93.0 cm³/mol. The van der Waals surface area contributed by atoms with Crippen molar-refractivity contribution in [1.82, 2.24) is 19.5 Å². The molecular formula is C18H19N5O2. The lowest BCUT2D eigenvalue weighted by atomic mass is 10.1. The number of piperazine rings is 1. The predicted octanol–water partition coefficient (Wildman–Crippen LogP) is 1.78. The van der Waals surface area contributed by atoms with Crippen molar-refractivity contribution in [3.05, 3.63) is 48.3 Å². The normalized spacial score (nSPS) is 17.4. The van der Waals surface area contributed by atoms with Crippen LogP contribution in [-0.2, 0) is 6.54 Å². The van der Waals surface area contributed by atoms with E-state index in [4.69, 9.17) is 9.47 Å². The second-order valence-electron chi connectivity index (χ2n) is 6.37. The van der Waals surface area contributed by atoms with Crippen molar-refractivity contribution < 1.29 is 9.47 Å². The van der Waals surface area contributed by atoms with Crippen LogP contribution in [0.15, 0.2) is 42.7 Å². The highest BCUT2D eigenvalue weighted by molar-refractivity contribution is 5.46. The van der Waals surface area contributed by atoms with E-state index < -0.39 is 0 Å². The van der Waals surface area contributed by atoms with Gasteiger partial charge in [0, 0.05) is 45.1 Å². The first-order chi connectivity index (χ1) is 12.3. The van der Waals surface area contributed by atoms with E-state index in [9.17, 15) is 0 Å². The fraction of sp³-hybridized carbons (Fsp3) is 0.333. The SMILES string of the molecule is c1cn2nc(N3CCN(Cc4ccc5c(c4)OCO5)CC3)ccc2n1. The number of aromatic nitrogens is 3. The molecule has 0 amide bonds. The fourth-order valence-electron chi connectivity index (χ4n) is 3.41. The van der Waals surface area contributed by atoms with E-state index >= 15 is 0 Å². The summed E-state index contributed by atoms with van der Waals surface area (Å²) in [5.41, 5.74) is 2.14. The summed E-state index contributed by atoms with van der Waals surface area (Å²) in [6.07, 6.45) is 3.66. The van der Waals surface area contributed by atoms with Crippen molar-refractivity contribution in [2.24, 2.45) is 0 Å². The van der Waals surface area contributed by atoms with Crippen LogP contribution in [0.4, 0.5) is 5.82 Å². The molecule has 128 valence electrons. The molecule has 2 aliphatic rings. The Morgan fingerprint density at radius 1 is 0.960 bits per heavy atom. The van der Waals surface area contributed by atoms with E-state index in [0.29, 0.717) is 6.79 Å². The van der Waals surface area contributed by atoms with Crippen LogP contribution in [0.2, 0.25) is 0 Å². The van der Waals surface area contributed by atoms with Crippen LogP contribution in [0.5, 0.6) is 11.5 Å². The zero-order valence-corrected chi connectivity index (χ0v) is 13.8. The van der Waals surface area contributed by atoms with E-state index in [-0.39, 0.29) is 0 Å². The quantitative estimate of drug-likeness (QED) is 0.726. The zero-order chi connectivity index (χ0) is 16.6. The lowest BCUT2D eigenvalue weighted by Gasteiger charge is -2.35. The molecule has 1 aromatic carbocycles. The number of benzene rings is 1. The largest absolute Gasteiger partial charge is 0.454 e. The highest BCUT2D eigenvalue weighted by atomic mass is 16.7. The van der Waals surface area contributed by atoms with Gasteiger partial charge in [0.2, 0.25) is 6.79 Å². The highest BCUT2D eigenvalue weighted by Crippen LogP contribution is 2.32. The minimum absolute atomic E-state index is 0.325. The van der Waals surface area contributed by atoms with E-state index in [1.165, 1.54) is 5.56 Å². The molecule has 2 aliphatic heterocycles. The summed E-state index contributed by atoms with van der Waals surface area (Å²) < 4.78 is 12.7. The van der Waals surface area contributed by atoms with Gasteiger partial charge in [-0.25, -0.2) is 9.50 Å². The van der Waals surface area contributed by atoms with Crippen molar-refractivity contribution >= 4 is 11.5 Å². The molecule has 0 unspecified atom stereocenters. The average molecular weight is 337 g/mol. The Bertz CT molecular complexity index is 901. The van der Waals surface area contributed by atoms with Crippen molar-refractivity contribution in [3.8, 4) is 11.5 Å². The van der Waals surface area contributed by atoms with Crippen molar-refractivity contribution in [1.29, 1.82) is 0 Å². The van der Waals surface area contributed by atoms with Gasteiger partial charge in [-0.3, -0.25) is 4.90 Å². The minimum Gasteiger partial charge on any atom is -0.454 e. The van der Waals surface area contributed by atoms with E-state index in [0.717, 1.165) is 55.7 Å². The molecular weight excluding hydrogens is 318 g/mol. The molecule has 1 fully saturated rings. The average Bonchev–Trinajstić information content (AvgIpc) is 3.30. The van der Waals surface area contributed by atoms with Gasteiger partial charge in [-0.2, -0.15) is 0 Å². The first kappa shape index (κ1) is 14.5. The summed E-state index contributed by atoms with van der Waals surface area (Å²) in [6.45, 7) is 5.22. The van der Waals surface area contributed by atoms with Gasteiger partial charge in [0.25, 0.3) is 0 Å². The van der Waals surface area contributed by atoms with E-state index in [2.05, 4.69) is 38.1 Å². The highest BCUT2D eigenvalue weighted by Gasteiger charge is 2.20. The Morgan fingerprint density at radius 2 is 1.84 bits per heavy atom. The fourth-order valence-corrected chi connectivity index (χ4v) is 3.41. The summed E-state index contributed by atoms with van der Waals surface area (Å²) in [6, 6.07) is 10.3. The van der Waals surface area contributed by atoms with E-state index in [1.54, 1.807) is 6.20 Å². The van der Waals surface area contributed by atoms with Gasteiger partial charge in [-0.05, 0) is 29.8 Å². The summed E-state index contributed by atoms with van der Waals surface area (Å²) in [5, 5.41) is 4.64. The molecule has 3 aromatic rings. The number of fused-ring (bicyclic) bond motifs is 2.